The number of hydrogen-bond acceptors (Lipinski definition) is 8. The van der Waals surface area contributed by atoms with E-state index in [1.165, 1.54) is 4.90 Å². The Labute approximate surface area is 304 Å². The van der Waals surface area contributed by atoms with Crippen LogP contribution in [-0.2, 0) is 40.3 Å². The lowest BCUT2D eigenvalue weighted by Crippen LogP contribution is -2.52. The van der Waals surface area contributed by atoms with E-state index < -0.39 is 11.9 Å². The summed E-state index contributed by atoms with van der Waals surface area (Å²) in [4.78, 5) is 74.8. The van der Waals surface area contributed by atoms with Crippen LogP contribution in [0.5, 0.6) is 0 Å². The first kappa shape index (κ1) is 33.5. The van der Waals surface area contributed by atoms with Gasteiger partial charge in [-0.2, -0.15) is 5.10 Å². The second-order valence-electron chi connectivity index (χ2n) is 13.3. The average Bonchev–Trinajstić information content (AvgIpc) is 3.69. The molecule has 0 bridgehead atoms. The highest BCUT2D eigenvalue weighted by atomic mass is 16.2. The molecule has 5 amide bonds. The van der Waals surface area contributed by atoms with Gasteiger partial charge in [0.2, 0.25) is 17.7 Å². The second-order valence-corrected chi connectivity index (χ2v) is 13.3. The number of imide groups is 1. The van der Waals surface area contributed by atoms with Crippen molar-refractivity contribution < 1.29 is 24.0 Å². The third-order valence-corrected chi connectivity index (χ3v) is 10.1. The Hall–Kier alpha value is -6.68. The number of rotatable bonds is 6. The van der Waals surface area contributed by atoms with Crippen molar-refractivity contribution in [1.29, 1.82) is 0 Å². The Morgan fingerprint density at radius 2 is 1.85 bits per heavy atom. The maximum absolute atomic E-state index is 13.1. The number of carbonyl (C=O) groups is 5. The zero-order valence-corrected chi connectivity index (χ0v) is 29.1. The quantitative estimate of drug-likeness (QED) is 0.201. The molecule has 53 heavy (non-hydrogen) atoms. The highest BCUT2D eigenvalue weighted by Crippen LogP contribution is 2.32. The fourth-order valence-electron chi connectivity index (χ4n) is 7.22. The van der Waals surface area contributed by atoms with Crippen molar-refractivity contribution >= 4 is 40.3 Å². The van der Waals surface area contributed by atoms with Crippen LogP contribution >= 0.6 is 0 Å². The summed E-state index contributed by atoms with van der Waals surface area (Å²) in [6.45, 7) is 2.81. The predicted molar refractivity (Wildman–Crippen MR) is 193 cm³/mol. The Balaban J connectivity index is 0.941. The van der Waals surface area contributed by atoms with Crippen LogP contribution in [0.15, 0.2) is 67.0 Å². The summed E-state index contributed by atoms with van der Waals surface area (Å²) < 4.78 is 1.95. The predicted octanol–water partition coefficient (Wildman–Crippen LogP) is 3.10. The summed E-state index contributed by atoms with van der Waals surface area (Å²) in [5.41, 5.74) is 7.36. The number of aryl methyl sites for hydroxylation is 1. The molecule has 264 valence electrons. The monoisotopic (exact) mass is 706 g/mol. The molecule has 0 spiro atoms. The van der Waals surface area contributed by atoms with Crippen molar-refractivity contribution in [1.82, 2.24) is 40.2 Å². The first-order valence-corrected chi connectivity index (χ1v) is 17.4. The number of carbonyl (C=O) groups excluding carboxylic acids is 5. The molecule has 3 aliphatic heterocycles. The van der Waals surface area contributed by atoms with Crippen LogP contribution < -0.4 is 10.6 Å². The number of pyridine rings is 2. The molecule has 0 radical (unpaired) electrons. The van der Waals surface area contributed by atoms with E-state index in [1.54, 1.807) is 41.4 Å². The molecule has 1 fully saturated rings. The fraction of sp³-hybridized carbons (Fsp3) is 0.250. The van der Waals surface area contributed by atoms with Gasteiger partial charge in [-0.15, -0.1) is 0 Å². The van der Waals surface area contributed by atoms with Gasteiger partial charge in [0.15, 0.2) is 0 Å². The number of likely N-dealkylation sites (N-methyl/N-ethyl adjacent to an activating group) is 1. The number of piperidine rings is 1. The minimum absolute atomic E-state index is 0.0527. The van der Waals surface area contributed by atoms with Gasteiger partial charge < -0.3 is 15.1 Å². The minimum Gasteiger partial charge on any atom is -0.340 e. The highest BCUT2D eigenvalue weighted by molar-refractivity contribution is 6.05. The third-order valence-electron chi connectivity index (χ3n) is 10.1. The van der Waals surface area contributed by atoms with Crippen LogP contribution in [0.25, 0.3) is 27.7 Å². The fourth-order valence-corrected chi connectivity index (χ4v) is 7.22. The van der Waals surface area contributed by atoms with E-state index in [0.29, 0.717) is 35.3 Å². The number of amides is 5. The Bertz CT molecular complexity index is 2440. The summed E-state index contributed by atoms with van der Waals surface area (Å²) in [6, 6.07) is 16.0. The SMILES string of the molecule is CCc1nn(-c2cccc3cc(-c4ccc(C(=O)NCC#Cc5cccc6c5CN(C5CCC(=O)NC5=O)C6=O)nc4)ncc23)c2c1CC(=O)N(C)C2. The minimum atomic E-state index is -0.707. The standard InChI is InChI=1S/C40H34N8O5/c1-3-30-27-18-37(50)46(2)22-35(27)48(45-30)33-11-5-8-24-17-32(43-20-28(24)33)25-12-13-31(42-19-25)38(51)41-16-6-9-23-7-4-10-26-29(23)21-47(40(26)53)34-14-15-36(49)44-39(34)52/h4-5,7-8,10-13,17,19-20,34H,3,14-16,18,21-22H2,1-2H3,(H,41,51)(H,44,49,52). The van der Waals surface area contributed by atoms with Crippen molar-refractivity contribution in [2.24, 2.45) is 0 Å². The molecule has 2 aromatic carbocycles. The van der Waals surface area contributed by atoms with Crippen LogP contribution in [0.3, 0.4) is 0 Å². The van der Waals surface area contributed by atoms with Gasteiger partial charge in [-0.1, -0.05) is 37.0 Å². The van der Waals surface area contributed by atoms with Crippen molar-refractivity contribution in [2.75, 3.05) is 13.6 Å². The zero-order chi connectivity index (χ0) is 36.8. The summed E-state index contributed by atoms with van der Waals surface area (Å²) in [5, 5.41) is 11.9. The molecule has 8 rings (SSSR count). The van der Waals surface area contributed by atoms with Crippen LogP contribution in [0.1, 0.15) is 68.7 Å². The molecular formula is C40H34N8O5. The van der Waals surface area contributed by atoms with E-state index in [-0.39, 0.29) is 55.3 Å². The lowest BCUT2D eigenvalue weighted by atomic mass is 10.0. The molecule has 6 heterocycles. The van der Waals surface area contributed by atoms with Gasteiger partial charge in [0.1, 0.15) is 11.7 Å². The number of fused-ring (bicyclic) bond motifs is 3. The summed E-state index contributed by atoms with van der Waals surface area (Å²) in [7, 11) is 1.81. The van der Waals surface area contributed by atoms with Gasteiger partial charge in [0.25, 0.3) is 11.8 Å². The Morgan fingerprint density at radius 1 is 1.00 bits per heavy atom. The van der Waals surface area contributed by atoms with Gasteiger partial charge in [-0.3, -0.25) is 39.3 Å². The van der Waals surface area contributed by atoms with Gasteiger partial charge >= 0.3 is 0 Å². The molecule has 1 unspecified atom stereocenters. The van der Waals surface area contributed by atoms with E-state index in [2.05, 4.69) is 27.5 Å². The van der Waals surface area contributed by atoms with Crippen molar-refractivity contribution in [3.8, 4) is 28.8 Å². The molecular weight excluding hydrogens is 672 g/mol. The van der Waals surface area contributed by atoms with E-state index in [4.69, 9.17) is 10.1 Å². The summed E-state index contributed by atoms with van der Waals surface area (Å²) in [5.74, 6) is 4.64. The van der Waals surface area contributed by atoms with E-state index >= 15 is 0 Å². The number of nitrogens with one attached hydrogen (secondary N) is 2. The lowest BCUT2D eigenvalue weighted by Gasteiger charge is -2.29. The van der Waals surface area contributed by atoms with Crippen LogP contribution in [0, 0.1) is 11.8 Å². The molecule has 3 aliphatic rings. The molecule has 2 N–H and O–H groups in total. The Kier molecular flexibility index (Phi) is 8.50. The van der Waals surface area contributed by atoms with Gasteiger partial charge in [0.05, 0.1) is 42.3 Å². The van der Waals surface area contributed by atoms with Crippen LogP contribution in [0.2, 0.25) is 0 Å². The first-order chi connectivity index (χ1) is 25.7. The second kappa shape index (κ2) is 13.5. The van der Waals surface area contributed by atoms with Crippen molar-refractivity contribution in [3.63, 3.8) is 0 Å². The number of nitrogens with zero attached hydrogens (tertiary/aromatic N) is 6. The zero-order valence-electron chi connectivity index (χ0n) is 29.1. The molecule has 0 aliphatic carbocycles. The van der Waals surface area contributed by atoms with Gasteiger partial charge in [-0.05, 0) is 60.2 Å². The largest absolute Gasteiger partial charge is 0.340 e. The highest BCUT2D eigenvalue weighted by Gasteiger charge is 2.39. The summed E-state index contributed by atoms with van der Waals surface area (Å²) in [6.07, 6.45) is 4.98. The topological polar surface area (TPSA) is 159 Å². The van der Waals surface area contributed by atoms with Crippen LogP contribution in [-0.4, -0.2) is 78.7 Å². The van der Waals surface area contributed by atoms with Crippen LogP contribution in [0.4, 0.5) is 0 Å². The smallest absolute Gasteiger partial charge is 0.270 e. The molecule has 0 saturated carbocycles. The van der Waals surface area contributed by atoms with E-state index in [9.17, 15) is 24.0 Å². The number of benzene rings is 2. The Morgan fingerprint density at radius 3 is 2.64 bits per heavy atom. The maximum atomic E-state index is 13.1. The van der Waals surface area contributed by atoms with Crippen molar-refractivity contribution in [3.05, 3.63) is 106 Å². The molecule has 13 nitrogen and oxygen atoms in total. The molecule has 1 saturated heterocycles. The average molecular weight is 707 g/mol. The molecule has 13 heteroatoms. The first-order valence-electron chi connectivity index (χ1n) is 17.4. The number of hydrogen-bond donors (Lipinski definition) is 2. The van der Waals surface area contributed by atoms with E-state index in [1.807, 2.05) is 49.1 Å². The molecule has 3 aromatic heterocycles. The van der Waals surface area contributed by atoms with Gasteiger partial charge in [0, 0.05) is 60.0 Å². The third kappa shape index (κ3) is 6.08. The maximum Gasteiger partial charge on any atom is 0.270 e. The van der Waals surface area contributed by atoms with Gasteiger partial charge in [-0.25, -0.2) is 4.68 Å². The van der Waals surface area contributed by atoms with E-state index in [0.717, 1.165) is 45.4 Å². The normalized spacial score (nSPS) is 16.6. The lowest BCUT2D eigenvalue weighted by molar-refractivity contribution is -0.137. The molecule has 1 atom stereocenters. The summed E-state index contributed by atoms with van der Waals surface area (Å²) >= 11 is 0. The number of aromatic nitrogens is 4. The molecule has 5 aromatic rings. The van der Waals surface area contributed by atoms with Crippen molar-refractivity contribution in [2.45, 2.75) is 51.7 Å².